The average Bonchev–Trinajstić information content (AvgIpc) is 2.63. The minimum atomic E-state index is -3.72. The van der Waals surface area contributed by atoms with Gasteiger partial charge in [-0.15, -0.1) is 0 Å². The van der Waals surface area contributed by atoms with Crippen LogP contribution >= 0.6 is 0 Å². The van der Waals surface area contributed by atoms with Gasteiger partial charge in [0.25, 0.3) is 10.0 Å². The fourth-order valence-electron chi connectivity index (χ4n) is 7.15. The summed E-state index contributed by atoms with van der Waals surface area (Å²) in [5.41, 5.74) is 3.42. The molecular formula is C26H38N2O3S. The van der Waals surface area contributed by atoms with Crippen LogP contribution in [0.4, 0.5) is 0 Å². The predicted molar refractivity (Wildman–Crippen MR) is 129 cm³/mol. The Balaban J connectivity index is 1.81. The topological polar surface area (TPSA) is 67.8 Å². The summed E-state index contributed by atoms with van der Waals surface area (Å²) in [6.45, 7) is 14.3. The van der Waals surface area contributed by atoms with Crippen LogP contribution < -0.4 is 4.83 Å². The van der Waals surface area contributed by atoms with Crippen LogP contribution in [0.1, 0.15) is 80.1 Å². The van der Waals surface area contributed by atoms with Crippen LogP contribution in [0.2, 0.25) is 0 Å². The number of hydrogen-bond acceptors (Lipinski definition) is 4. The first-order chi connectivity index (χ1) is 14.8. The molecule has 0 heterocycles. The average molecular weight is 459 g/mol. The maximum atomic E-state index is 12.9. The lowest BCUT2D eigenvalue weighted by molar-refractivity contribution is -0.114. The van der Waals surface area contributed by atoms with Crippen LogP contribution in [0.3, 0.4) is 0 Å². The predicted octanol–water partition coefficient (Wildman–Crippen LogP) is 5.83. The van der Waals surface area contributed by atoms with Crippen LogP contribution in [0.25, 0.3) is 0 Å². The molecule has 0 radical (unpaired) electrons. The molecule has 6 heteroatoms. The summed E-state index contributed by atoms with van der Waals surface area (Å²) in [7, 11) is -3.72. The molecule has 5 nitrogen and oxygen atoms in total. The number of benzene rings is 1. The van der Waals surface area contributed by atoms with Gasteiger partial charge in [-0.05, 0) is 73.8 Å². The molecule has 32 heavy (non-hydrogen) atoms. The summed E-state index contributed by atoms with van der Waals surface area (Å²) in [5.74, 6) is 0. The molecule has 1 N–H and O–H groups in total. The van der Waals surface area contributed by atoms with Crippen molar-refractivity contribution in [2.24, 2.45) is 21.3 Å². The zero-order valence-corrected chi connectivity index (χ0v) is 21.2. The van der Waals surface area contributed by atoms with Crippen LogP contribution in [0, 0.1) is 16.2 Å². The Morgan fingerprint density at radius 2 is 1.62 bits per heavy atom. The van der Waals surface area contributed by atoms with E-state index in [4.69, 9.17) is 4.74 Å². The first-order valence-corrected chi connectivity index (χ1v) is 13.3. The Bertz CT molecular complexity index is 1060. The molecule has 0 spiro atoms. The molecule has 0 aliphatic heterocycles. The SMILES string of the molecule is CCO[C@@]12CC(C)(C)C[C@@](C)(CC3=C1/C(=N\NS(=O)(=O)c1ccccc1)CC(C)(C)C3)C2. The standard InChI is InChI=1S/C26H38N2O3S/c1-7-31-26-17-24(4,5)16-25(6,18-26)14-19-13-23(2,3)15-21(22(19)26)27-28-32(29,30)20-11-9-8-10-12-20/h8-12,28H,7,13-18H2,1-6H3/b27-21-/t25-,26-/m1/s1. The molecule has 1 aromatic carbocycles. The van der Waals surface area contributed by atoms with Gasteiger partial charge in [-0.1, -0.05) is 58.4 Å². The summed E-state index contributed by atoms with van der Waals surface area (Å²) in [6.07, 6.45) is 5.87. The molecule has 2 atom stereocenters. The van der Waals surface area contributed by atoms with Crippen molar-refractivity contribution in [1.82, 2.24) is 4.83 Å². The van der Waals surface area contributed by atoms with Gasteiger partial charge in [0.1, 0.15) is 0 Å². The normalized spacial score (nSPS) is 32.5. The zero-order chi connectivity index (χ0) is 23.4. The highest BCUT2D eigenvalue weighted by atomic mass is 32.2. The third-order valence-corrected chi connectivity index (χ3v) is 8.46. The molecule has 4 rings (SSSR count). The first-order valence-electron chi connectivity index (χ1n) is 11.8. The largest absolute Gasteiger partial charge is 0.370 e. The van der Waals surface area contributed by atoms with E-state index < -0.39 is 15.6 Å². The molecular weight excluding hydrogens is 420 g/mol. The lowest BCUT2D eigenvalue weighted by Gasteiger charge is -2.59. The fraction of sp³-hybridized carbons (Fsp3) is 0.654. The monoisotopic (exact) mass is 458 g/mol. The highest BCUT2D eigenvalue weighted by Gasteiger charge is 2.57. The van der Waals surface area contributed by atoms with E-state index in [0.717, 1.165) is 37.8 Å². The molecule has 1 saturated carbocycles. The van der Waals surface area contributed by atoms with E-state index in [2.05, 4.69) is 51.5 Å². The van der Waals surface area contributed by atoms with Crippen LogP contribution in [0.15, 0.2) is 51.5 Å². The van der Waals surface area contributed by atoms with E-state index >= 15 is 0 Å². The Morgan fingerprint density at radius 3 is 2.28 bits per heavy atom. The van der Waals surface area contributed by atoms with E-state index in [0.29, 0.717) is 6.61 Å². The quantitative estimate of drug-likeness (QED) is 0.564. The van der Waals surface area contributed by atoms with Crippen molar-refractivity contribution in [2.75, 3.05) is 6.61 Å². The van der Waals surface area contributed by atoms with Crippen molar-refractivity contribution in [2.45, 2.75) is 90.6 Å². The fourth-order valence-corrected chi connectivity index (χ4v) is 8.00. The van der Waals surface area contributed by atoms with E-state index in [1.165, 1.54) is 17.6 Å². The van der Waals surface area contributed by atoms with Crippen molar-refractivity contribution in [3.05, 3.63) is 41.5 Å². The van der Waals surface area contributed by atoms with Gasteiger partial charge in [0, 0.05) is 12.2 Å². The number of hydrogen-bond donors (Lipinski definition) is 1. The van der Waals surface area contributed by atoms with Gasteiger partial charge in [0.2, 0.25) is 0 Å². The number of ether oxygens (including phenoxy) is 1. The maximum Gasteiger partial charge on any atom is 0.276 e. The number of nitrogens with one attached hydrogen (secondary N) is 1. The van der Waals surface area contributed by atoms with Crippen molar-refractivity contribution in [1.29, 1.82) is 0 Å². The van der Waals surface area contributed by atoms with Gasteiger partial charge in [-0.25, -0.2) is 0 Å². The Labute approximate surface area is 193 Å². The number of rotatable bonds is 5. The summed E-state index contributed by atoms with van der Waals surface area (Å²) in [5, 5.41) is 4.60. The van der Waals surface area contributed by atoms with E-state index in [9.17, 15) is 8.42 Å². The number of allylic oxidation sites excluding steroid dienone is 1. The van der Waals surface area contributed by atoms with E-state index in [-0.39, 0.29) is 21.1 Å². The summed E-state index contributed by atoms with van der Waals surface area (Å²) >= 11 is 0. The van der Waals surface area contributed by atoms with E-state index in [1.807, 2.05) is 0 Å². The molecule has 0 aromatic heterocycles. The second-order valence-corrected chi connectivity index (χ2v) is 13.7. The molecule has 3 aliphatic carbocycles. The van der Waals surface area contributed by atoms with Gasteiger partial charge in [-0.2, -0.15) is 18.4 Å². The second-order valence-electron chi connectivity index (χ2n) is 12.1. The van der Waals surface area contributed by atoms with Crippen LogP contribution in [0.5, 0.6) is 0 Å². The molecule has 0 unspecified atom stereocenters. The van der Waals surface area contributed by atoms with Gasteiger partial charge in [-0.3, -0.25) is 0 Å². The lowest BCUT2D eigenvalue weighted by Crippen LogP contribution is -2.56. The van der Waals surface area contributed by atoms with Gasteiger partial charge >= 0.3 is 0 Å². The molecule has 1 fully saturated rings. The summed E-state index contributed by atoms with van der Waals surface area (Å²) < 4.78 is 32.4. The Morgan fingerprint density at radius 1 is 0.938 bits per heavy atom. The van der Waals surface area contributed by atoms with E-state index in [1.54, 1.807) is 30.3 Å². The molecule has 0 amide bonds. The smallest absolute Gasteiger partial charge is 0.276 e. The van der Waals surface area contributed by atoms with Crippen LogP contribution in [-0.4, -0.2) is 26.3 Å². The lowest BCUT2D eigenvalue weighted by atomic mass is 9.49. The zero-order valence-electron chi connectivity index (χ0n) is 20.4. The minimum Gasteiger partial charge on any atom is -0.370 e. The molecule has 3 aliphatic rings. The molecule has 0 saturated heterocycles. The van der Waals surface area contributed by atoms with Crippen molar-refractivity contribution in [3.63, 3.8) is 0 Å². The number of sulfonamides is 1. The third kappa shape index (κ3) is 4.41. The highest BCUT2D eigenvalue weighted by Crippen LogP contribution is 2.62. The minimum absolute atomic E-state index is 0.0285. The Kier molecular flexibility index (Phi) is 5.65. The number of hydrazone groups is 1. The molecule has 1 aromatic rings. The Hall–Kier alpha value is -1.66. The second kappa shape index (κ2) is 7.69. The van der Waals surface area contributed by atoms with Crippen molar-refractivity contribution in [3.8, 4) is 0 Å². The van der Waals surface area contributed by atoms with Crippen LogP contribution in [-0.2, 0) is 14.8 Å². The van der Waals surface area contributed by atoms with Gasteiger partial charge in [0.15, 0.2) is 0 Å². The number of fused-ring (bicyclic) bond motifs is 3. The molecule has 176 valence electrons. The summed E-state index contributed by atoms with van der Waals surface area (Å²) in [4.78, 5) is 2.77. The maximum absolute atomic E-state index is 12.9. The van der Waals surface area contributed by atoms with Crippen molar-refractivity contribution < 1.29 is 13.2 Å². The first kappa shape index (κ1) is 23.5. The van der Waals surface area contributed by atoms with Gasteiger partial charge in [0.05, 0.1) is 16.2 Å². The van der Waals surface area contributed by atoms with Gasteiger partial charge < -0.3 is 4.74 Å². The van der Waals surface area contributed by atoms with Crippen molar-refractivity contribution >= 4 is 15.7 Å². The summed E-state index contributed by atoms with van der Waals surface area (Å²) in [6, 6.07) is 8.44. The number of nitrogens with zero attached hydrogens (tertiary/aromatic N) is 1. The third-order valence-electron chi connectivity index (χ3n) is 7.23. The molecule has 2 bridgehead atoms. The highest BCUT2D eigenvalue weighted by molar-refractivity contribution is 7.89.